The summed E-state index contributed by atoms with van der Waals surface area (Å²) in [4.78, 5) is 32.2. The van der Waals surface area contributed by atoms with Crippen molar-refractivity contribution in [3.05, 3.63) is 48.1 Å². The number of aromatic nitrogens is 3. The number of carbonyl (C=O) groups excluding carboxylic acids is 2. The van der Waals surface area contributed by atoms with Gasteiger partial charge in [0.15, 0.2) is 0 Å². The van der Waals surface area contributed by atoms with E-state index in [1.165, 1.54) is 29.5 Å². The van der Waals surface area contributed by atoms with Gasteiger partial charge in [0.05, 0.1) is 0 Å². The van der Waals surface area contributed by atoms with Crippen LogP contribution in [0, 0.1) is 17.6 Å². The summed E-state index contributed by atoms with van der Waals surface area (Å²) in [5.41, 5.74) is 0.391. The van der Waals surface area contributed by atoms with Crippen LogP contribution in [0.1, 0.15) is 31.7 Å². The quantitative estimate of drug-likeness (QED) is 0.690. The van der Waals surface area contributed by atoms with Crippen molar-refractivity contribution in [3.63, 3.8) is 0 Å². The molecule has 1 aromatic heterocycles. The third-order valence-corrected chi connectivity index (χ3v) is 5.84. The van der Waals surface area contributed by atoms with Gasteiger partial charge in [0, 0.05) is 38.7 Å². The zero-order valence-electron chi connectivity index (χ0n) is 17.3. The molecule has 9 heteroatoms. The molecular formula is C21H27F2N5O2. The number of rotatable bonds is 7. The summed E-state index contributed by atoms with van der Waals surface area (Å²) in [5, 5.41) is 3.96. The monoisotopic (exact) mass is 419 g/mol. The number of likely N-dealkylation sites (tertiary alicyclic amines) is 1. The van der Waals surface area contributed by atoms with Gasteiger partial charge in [0.25, 0.3) is 0 Å². The Kier molecular flexibility index (Phi) is 7.12. The van der Waals surface area contributed by atoms with E-state index in [2.05, 4.69) is 10.1 Å². The van der Waals surface area contributed by atoms with Crippen LogP contribution in [-0.2, 0) is 22.6 Å². The van der Waals surface area contributed by atoms with E-state index in [0.717, 1.165) is 6.07 Å². The Morgan fingerprint density at radius 3 is 2.60 bits per heavy atom. The first-order valence-electron chi connectivity index (χ1n) is 10.2. The topological polar surface area (TPSA) is 71.3 Å². The van der Waals surface area contributed by atoms with Crippen LogP contribution in [0.15, 0.2) is 30.9 Å². The Morgan fingerprint density at radius 2 is 2.00 bits per heavy atom. The van der Waals surface area contributed by atoms with Crippen molar-refractivity contribution in [1.29, 1.82) is 0 Å². The predicted molar refractivity (Wildman–Crippen MR) is 106 cm³/mol. The van der Waals surface area contributed by atoms with E-state index in [1.54, 1.807) is 23.8 Å². The Hall–Kier alpha value is -2.84. The minimum absolute atomic E-state index is 0.0211. The van der Waals surface area contributed by atoms with Crippen LogP contribution >= 0.6 is 0 Å². The molecular weight excluding hydrogens is 392 g/mol. The van der Waals surface area contributed by atoms with Crippen molar-refractivity contribution in [1.82, 2.24) is 24.6 Å². The molecule has 2 amide bonds. The fraction of sp³-hybridized carbons (Fsp3) is 0.524. The maximum atomic E-state index is 14.3. The maximum absolute atomic E-state index is 14.3. The van der Waals surface area contributed by atoms with E-state index >= 15 is 0 Å². The van der Waals surface area contributed by atoms with E-state index in [0.29, 0.717) is 44.3 Å². The average molecular weight is 419 g/mol. The van der Waals surface area contributed by atoms with Gasteiger partial charge in [-0.2, -0.15) is 5.10 Å². The van der Waals surface area contributed by atoms with Crippen molar-refractivity contribution in [2.24, 2.45) is 5.92 Å². The van der Waals surface area contributed by atoms with E-state index in [1.807, 2.05) is 0 Å². The molecule has 1 fully saturated rings. The molecule has 0 spiro atoms. The molecule has 2 aromatic rings. The van der Waals surface area contributed by atoms with E-state index < -0.39 is 11.6 Å². The van der Waals surface area contributed by atoms with Gasteiger partial charge in [-0.1, -0.05) is 13.0 Å². The van der Waals surface area contributed by atoms with Crippen molar-refractivity contribution < 1.29 is 18.4 Å². The molecule has 1 atom stereocenters. The lowest BCUT2D eigenvalue weighted by atomic mass is 9.84. The Bertz CT molecular complexity index is 866. The molecule has 0 bridgehead atoms. The van der Waals surface area contributed by atoms with Crippen LogP contribution in [0.4, 0.5) is 8.78 Å². The SMILES string of the molecule is CCC(=O)N(C)C(Cc1ccc(F)cc1F)C1CCN(C(=O)Cn2cncn2)CC1. The van der Waals surface area contributed by atoms with Gasteiger partial charge in [0.2, 0.25) is 11.8 Å². The van der Waals surface area contributed by atoms with E-state index in [9.17, 15) is 18.4 Å². The van der Waals surface area contributed by atoms with Gasteiger partial charge in [-0.15, -0.1) is 0 Å². The van der Waals surface area contributed by atoms with Gasteiger partial charge in [0.1, 0.15) is 30.8 Å². The molecule has 30 heavy (non-hydrogen) atoms. The summed E-state index contributed by atoms with van der Waals surface area (Å²) in [7, 11) is 1.74. The van der Waals surface area contributed by atoms with Crippen LogP contribution < -0.4 is 0 Å². The van der Waals surface area contributed by atoms with Crippen LogP contribution in [0.2, 0.25) is 0 Å². The lowest BCUT2D eigenvalue weighted by Gasteiger charge is -2.40. The number of benzene rings is 1. The largest absolute Gasteiger partial charge is 0.342 e. The second kappa shape index (κ2) is 9.77. The minimum Gasteiger partial charge on any atom is -0.342 e. The molecule has 2 heterocycles. The summed E-state index contributed by atoms with van der Waals surface area (Å²) in [6, 6.07) is 3.34. The van der Waals surface area contributed by atoms with E-state index in [-0.39, 0.29) is 30.3 Å². The Morgan fingerprint density at radius 1 is 1.27 bits per heavy atom. The van der Waals surface area contributed by atoms with Crippen molar-refractivity contribution in [2.75, 3.05) is 20.1 Å². The smallest absolute Gasteiger partial charge is 0.244 e. The third kappa shape index (κ3) is 5.20. The normalized spacial score (nSPS) is 15.8. The zero-order chi connectivity index (χ0) is 21.7. The summed E-state index contributed by atoms with van der Waals surface area (Å²) in [5.74, 6) is -1.15. The highest BCUT2D eigenvalue weighted by Gasteiger charge is 2.33. The van der Waals surface area contributed by atoms with Crippen LogP contribution in [0.5, 0.6) is 0 Å². The first kappa shape index (κ1) is 21.9. The fourth-order valence-corrected chi connectivity index (χ4v) is 4.05. The van der Waals surface area contributed by atoms with Crippen molar-refractivity contribution in [3.8, 4) is 0 Å². The molecule has 0 aliphatic carbocycles. The summed E-state index contributed by atoms with van der Waals surface area (Å²) in [6.07, 6.45) is 4.97. The lowest BCUT2D eigenvalue weighted by Crippen LogP contribution is -2.48. The first-order valence-corrected chi connectivity index (χ1v) is 10.2. The molecule has 0 N–H and O–H groups in total. The number of hydrogen-bond donors (Lipinski definition) is 0. The minimum atomic E-state index is -0.620. The number of likely N-dealkylation sites (N-methyl/N-ethyl adjacent to an activating group) is 1. The molecule has 1 saturated heterocycles. The Labute approximate surface area is 174 Å². The molecule has 7 nitrogen and oxygen atoms in total. The van der Waals surface area contributed by atoms with Gasteiger partial charge in [-0.05, 0) is 36.8 Å². The van der Waals surface area contributed by atoms with Gasteiger partial charge >= 0.3 is 0 Å². The Balaban J connectivity index is 1.68. The number of carbonyl (C=O) groups is 2. The summed E-state index contributed by atoms with van der Waals surface area (Å²) >= 11 is 0. The van der Waals surface area contributed by atoms with Crippen LogP contribution in [0.25, 0.3) is 0 Å². The van der Waals surface area contributed by atoms with Gasteiger partial charge in [-0.3, -0.25) is 9.59 Å². The predicted octanol–water partition coefficient (Wildman–Crippen LogP) is 2.27. The summed E-state index contributed by atoms with van der Waals surface area (Å²) in [6.45, 7) is 3.06. The second-order valence-electron chi connectivity index (χ2n) is 7.68. The molecule has 162 valence electrons. The fourth-order valence-electron chi connectivity index (χ4n) is 4.05. The van der Waals surface area contributed by atoms with Crippen molar-refractivity contribution >= 4 is 11.8 Å². The maximum Gasteiger partial charge on any atom is 0.244 e. The highest BCUT2D eigenvalue weighted by Crippen LogP contribution is 2.28. The highest BCUT2D eigenvalue weighted by atomic mass is 19.1. The number of nitrogens with zero attached hydrogens (tertiary/aromatic N) is 5. The standard InChI is InChI=1S/C21H27F2N5O2/c1-3-20(29)26(2)19(10-16-4-5-17(22)11-18(16)23)15-6-8-27(9-7-15)21(30)12-28-14-24-13-25-28/h4-5,11,13-15,19H,3,6-10,12H2,1-2H3. The van der Waals surface area contributed by atoms with Gasteiger partial charge < -0.3 is 9.80 Å². The number of amides is 2. The molecule has 1 aliphatic rings. The molecule has 0 saturated carbocycles. The molecule has 1 unspecified atom stereocenters. The highest BCUT2D eigenvalue weighted by molar-refractivity contribution is 5.76. The molecule has 1 aromatic carbocycles. The molecule has 0 radical (unpaired) electrons. The van der Waals surface area contributed by atoms with Crippen LogP contribution in [0.3, 0.4) is 0 Å². The zero-order valence-corrected chi connectivity index (χ0v) is 17.3. The summed E-state index contributed by atoms with van der Waals surface area (Å²) < 4.78 is 29.0. The molecule has 3 rings (SSSR count). The third-order valence-electron chi connectivity index (χ3n) is 5.84. The average Bonchev–Trinajstić information content (AvgIpc) is 3.25. The molecule has 1 aliphatic heterocycles. The second-order valence-corrected chi connectivity index (χ2v) is 7.68. The first-order chi connectivity index (χ1) is 14.4. The number of hydrogen-bond acceptors (Lipinski definition) is 4. The van der Waals surface area contributed by atoms with Gasteiger partial charge in [-0.25, -0.2) is 18.4 Å². The number of halogens is 2. The number of piperidine rings is 1. The van der Waals surface area contributed by atoms with Crippen LogP contribution in [-0.4, -0.2) is 62.6 Å². The lowest BCUT2D eigenvalue weighted by molar-refractivity contribution is -0.136. The van der Waals surface area contributed by atoms with Crippen molar-refractivity contribution in [2.45, 2.75) is 45.2 Å². The van der Waals surface area contributed by atoms with E-state index in [4.69, 9.17) is 0 Å².